The van der Waals surface area contributed by atoms with Crippen LogP contribution < -0.4 is 0 Å². The molecule has 0 aliphatic carbocycles. The van der Waals surface area contributed by atoms with Crippen molar-refractivity contribution in [2.24, 2.45) is 0 Å². The van der Waals surface area contributed by atoms with E-state index in [9.17, 15) is 4.79 Å². The van der Waals surface area contributed by atoms with E-state index in [0.717, 1.165) is 25.9 Å². The molecule has 4 heteroatoms. The Morgan fingerprint density at radius 2 is 1.93 bits per heavy atom. The van der Waals surface area contributed by atoms with Crippen molar-refractivity contribution < 1.29 is 9.90 Å². The predicted octanol–water partition coefficient (Wildman–Crippen LogP) is 1.50. The average Bonchev–Trinajstić information content (AvgIpc) is 2.53. The third kappa shape index (κ3) is 4.43. The molecular formula is C11H21NO2S. The first-order chi connectivity index (χ1) is 7.25. The van der Waals surface area contributed by atoms with Crippen LogP contribution in [0, 0.1) is 0 Å². The Morgan fingerprint density at radius 3 is 2.47 bits per heavy atom. The summed E-state index contributed by atoms with van der Waals surface area (Å²) in [5.74, 6) is 0.899. The molecule has 88 valence electrons. The minimum atomic E-state index is -0.00440. The van der Waals surface area contributed by atoms with E-state index in [0.29, 0.717) is 5.75 Å². The second kappa shape index (κ2) is 7.12. The molecule has 0 saturated carbocycles. The van der Waals surface area contributed by atoms with E-state index >= 15 is 0 Å². The van der Waals surface area contributed by atoms with E-state index in [1.165, 1.54) is 12.8 Å². The number of hydrogen-bond donors (Lipinski definition) is 1. The van der Waals surface area contributed by atoms with Crippen LogP contribution in [-0.2, 0) is 4.79 Å². The summed E-state index contributed by atoms with van der Waals surface area (Å²) in [7, 11) is 0. The van der Waals surface area contributed by atoms with Crippen molar-refractivity contribution in [2.45, 2.75) is 37.9 Å². The number of thioether (sulfide) groups is 1. The Labute approximate surface area is 96.2 Å². The zero-order valence-electron chi connectivity index (χ0n) is 9.45. The molecule has 1 N–H and O–H groups in total. The van der Waals surface area contributed by atoms with E-state index in [2.05, 4.69) is 0 Å². The molecule has 1 atom stereocenters. The lowest BCUT2D eigenvalue weighted by atomic mass is 10.2. The van der Waals surface area contributed by atoms with Crippen molar-refractivity contribution in [2.75, 3.05) is 25.4 Å². The highest BCUT2D eigenvalue weighted by Gasteiger charge is 2.21. The topological polar surface area (TPSA) is 40.5 Å². The fraction of sp³-hybridized carbons (Fsp3) is 0.909. The molecule has 0 aromatic carbocycles. The maximum Gasteiger partial charge on any atom is 0.235 e. The molecular weight excluding hydrogens is 210 g/mol. The minimum Gasteiger partial charge on any atom is -0.396 e. The van der Waals surface area contributed by atoms with E-state index in [1.807, 2.05) is 11.8 Å². The Morgan fingerprint density at radius 1 is 1.33 bits per heavy atom. The molecule has 0 radical (unpaired) electrons. The summed E-state index contributed by atoms with van der Waals surface area (Å²) >= 11 is 1.54. The van der Waals surface area contributed by atoms with Crippen LogP contribution in [-0.4, -0.2) is 46.6 Å². The summed E-state index contributed by atoms with van der Waals surface area (Å²) in [4.78, 5) is 14.0. The van der Waals surface area contributed by atoms with Crippen LogP contribution in [0.1, 0.15) is 32.6 Å². The van der Waals surface area contributed by atoms with Crippen LogP contribution in [0.4, 0.5) is 0 Å². The van der Waals surface area contributed by atoms with Crippen molar-refractivity contribution >= 4 is 17.7 Å². The van der Waals surface area contributed by atoms with Crippen molar-refractivity contribution in [1.82, 2.24) is 4.90 Å². The predicted molar refractivity (Wildman–Crippen MR) is 64.1 cm³/mol. The van der Waals surface area contributed by atoms with Gasteiger partial charge in [-0.1, -0.05) is 12.8 Å². The lowest BCUT2D eigenvalue weighted by Crippen LogP contribution is -2.37. The van der Waals surface area contributed by atoms with Crippen molar-refractivity contribution in [1.29, 1.82) is 0 Å². The van der Waals surface area contributed by atoms with Crippen LogP contribution >= 0.6 is 11.8 Å². The minimum absolute atomic E-state index is 0.00440. The number of nitrogens with zero attached hydrogens (tertiary/aromatic N) is 1. The van der Waals surface area contributed by atoms with E-state index in [-0.39, 0.29) is 17.8 Å². The van der Waals surface area contributed by atoms with Gasteiger partial charge < -0.3 is 10.0 Å². The molecule has 1 aliphatic heterocycles. The molecule has 15 heavy (non-hydrogen) atoms. The zero-order chi connectivity index (χ0) is 11.1. The summed E-state index contributed by atoms with van der Waals surface area (Å²) in [5, 5.41) is 8.70. The van der Waals surface area contributed by atoms with Gasteiger partial charge >= 0.3 is 0 Å². The number of rotatable bonds is 4. The molecule has 1 rings (SSSR count). The molecule has 1 unspecified atom stereocenters. The zero-order valence-corrected chi connectivity index (χ0v) is 10.3. The lowest BCUT2D eigenvalue weighted by Gasteiger charge is -2.23. The first kappa shape index (κ1) is 12.8. The average molecular weight is 231 g/mol. The molecule has 1 saturated heterocycles. The number of amides is 1. The molecule has 1 heterocycles. The SMILES string of the molecule is CC(SCCO)C(=O)N1CCCCCC1. The largest absolute Gasteiger partial charge is 0.396 e. The van der Waals surface area contributed by atoms with Crippen molar-refractivity contribution in [3.63, 3.8) is 0 Å². The summed E-state index contributed by atoms with van der Waals surface area (Å²) in [6.07, 6.45) is 4.79. The summed E-state index contributed by atoms with van der Waals surface area (Å²) < 4.78 is 0. The molecule has 0 aromatic heterocycles. The van der Waals surface area contributed by atoms with Crippen LogP contribution in [0.15, 0.2) is 0 Å². The maximum absolute atomic E-state index is 12.0. The number of carbonyl (C=O) groups excluding carboxylic acids is 1. The van der Waals surface area contributed by atoms with Crippen LogP contribution in [0.3, 0.4) is 0 Å². The standard InChI is InChI=1S/C11H21NO2S/c1-10(15-9-8-13)11(14)12-6-4-2-3-5-7-12/h10,13H,2-9H2,1H3. The Bertz CT molecular complexity index is 191. The van der Waals surface area contributed by atoms with E-state index in [4.69, 9.17) is 5.11 Å². The molecule has 3 nitrogen and oxygen atoms in total. The van der Waals surface area contributed by atoms with Gasteiger partial charge in [-0.25, -0.2) is 0 Å². The molecule has 0 aromatic rings. The Balaban J connectivity index is 2.35. The van der Waals surface area contributed by atoms with Crippen molar-refractivity contribution in [3.05, 3.63) is 0 Å². The van der Waals surface area contributed by atoms with Gasteiger partial charge in [-0.15, -0.1) is 11.8 Å². The van der Waals surface area contributed by atoms with Gasteiger partial charge in [0.2, 0.25) is 5.91 Å². The highest BCUT2D eigenvalue weighted by atomic mass is 32.2. The smallest absolute Gasteiger partial charge is 0.235 e. The number of aliphatic hydroxyl groups excluding tert-OH is 1. The van der Waals surface area contributed by atoms with Gasteiger partial charge in [0, 0.05) is 18.8 Å². The van der Waals surface area contributed by atoms with Crippen LogP contribution in [0.5, 0.6) is 0 Å². The maximum atomic E-state index is 12.0. The fourth-order valence-corrected chi connectivity index (χ4v) is 2.60. The first-order valence-electron chi connectivity index (χ1n) is 5.77. The molecule has 0 bridgehead atoms. The summed E-state index contributed by atoms with van der Waals surface area (Å²) in [6, 6.07) is 0. The highest BCUT2D eigenvalue weighted by molar-refractivity contribution is 8.00. The van der Waals surface area contributed by atoms with Gasteiger partial charge in [0.15, 0.2) is 0 Å². The molecule has 1 aliphatic rings. The number of likely N-dealkylation sites (tertiary alicyclic amines) is 1. The van der Waals surface area contributed by atoms with Crippen LogP contribution in [0.2, 0.25) is 0 Å². The van der Waals surface area contributed by atoms with Gasteiger partial charge in [-0.05, 0) is 19.8 Å². The second-order valence-electron chi connectivity index (χ2n) is 3.98. The van der Waals surface area contributed by atoms with Gasteiger partial charge in [-0.3, -0.25) is 4.79 Å². The monoisotopic (exact) mass is 231 g/mol. The second-order valence-corrected chi connectivity index (χ2v) is 5.42. The number of hydrogen-bond acceptors (Lipinski definition) is 3. The normalized spacial score (nSPS) is 19.7. The van der Waals surface area contributed by atoms with Crippen LogP contribution in [0.25, 0.3) is 0 Å². The number of aliphatic hydroxyl groups is 1. The molecule has 1 fully saturated rings. The van der Waals surface area contributed by atoms with Gasteiger partial charge in [0.25, 0.3) is 0 Å². The third-order valence-corrected chi connectivity index (χ3v) is 3.84. The molecule has 0 spiro atoms. The summed E-state index contributed by atoms with van der Waals surface area (Å²) in [5.41, 5.74) is 0. The third-order valence-electron chi connectivity index (χ3n) is 2.72. The highest BCUT2D eigenvalue weighted by Crippen LogP contribution is 2.16. The molecule has 1 amide bonds. The lowest BCUT2D eigenvalue weighted by molar-refractivity contribution is -0.130. The first-order valence-corrected chi connectivity index (χ1v) is 6.82. The Kier molecular flexibility index (Phi) is 6.10. The fourth-order valence-electron chi connectivity index (χ4n) is 1.85. The van der Waals surface area contributed by atoms with Gasteiger partial charge in [-0.2, -0.15) is 0 Å². The van der Waals surface area contributed by atoms with Gasteiger partial charge in [0.05, 0.1) is 11.9 Å². The van der Waals surface area contributed by atoms with E-state index in [1.54, 1.807) is 11.8 Å². The van der Waals surface area contributed by atoms with Crippen molar-refractivity contribution in [3.8, 4) is 0 Å². The quantitative estimate of drug-likeness (QED) is 0.797. The Hall–Kier alpha value is -0.220. The van der Waals surface area contributed by atoms with Gasteiger partial charge in [0.1, 0.15) is 0 Å². The summed E-state index contributed by atoms with van der Waals surface area (Å²) in [6.45, 7) is 3.93. The number of carbonyl (C=O) groups is 1. The van der Waals surface area contributed by atoms with E-state index < -0.39 is 0 Å².